The summed E-state index contributed by atoms with van der Waals surface area (Å²) in [6.45, 7) is 3.52. The number of aryl methyl sites for hydroxylation is 2. The number of nitrogens with zero attached hydrogens (tertiary/aromatic N) is 2. The third-order valence-corrected chi connectivity index (χ3v) is 3.66. The van der Waals surface area contributed by atoms with Gasteiger partial charge in [0.25, 0.3) is 11.2 Å². The minimum atomic E-state index is -0.556. The van der Waals surface area contributed by atoms with Gasteiger partial charge < -0.3 is 10.1 Å². The summed E-state index contributed by atoms with van der Waals surface area (Å²) in [5.41, 5.74) is 1.77. The molecule has 0 aliphatic heterocycles. The number of aromatic amines is 1. The largest absolute Gasteiger partial charge is 0.507 e. The first kappa shape index (κ1) is 14.7. The fourth-order valence-corrected chi connectivity index (χ4v) is 2.47. The number of aromatic hydroxyl groups is 1. The molecule has 0 bridgehead atoms. The Morgan fingerprint density at radius 1 is 1.17 bits per heavy atom. The zero-order valence-corrected chi connectivity index (χ0v) is 12.5. The lowest BCUT2D eigenvalue weighted by atomic mass is 10.1. The first-order valence-corrected chi connectivity index (χ1v) is 6.86. The van der Waals surface area contributed by atoms with Crippen LogP contribution in [0.3, 0.4) is 0 Å². The van der Waals surface area contributed by atoms with E-state index >= 15 is 0 Å². The molecular formula is C16H13N3O4. The third-order valence-electron chi connectivity index (χ3n) is 3.66. The van der Waals surface area contributed by atoms with Crippen LogP contribution in [-0.2, 0) is 0 Å². The van der Waals surface area contributed by atoms with Gasteiger partial charge in [-0.2, -0.15) is 0 Å². The highest BCUT2D eigenvalue weighted by Crippen LogP contribution is 2.27. The second-order valence-electron chi connectivity index (χ2n) is 5.33. The van der Waals surface area contributed by atoms with Crippen LogP contribution in [0.5, 0.6) is 5.75 Å². The van der Waals surface area contributed by atoms with Crippen LogP contribution in [0.1, 0.15) is 11.1 Å². The number of aromatic nitrogens is 2. The van der Waals surface area contributed by atoms with Crippen molar-refractivity contribution >= 4 is 16.6 Å². The third kappa shape index (κ3) is 2.52. The molecular weight excluding hydrogens is 298 g/mol. The molecule has 3 rings (SSSR count). The molecule has 2 aromatic carbocycles. The van der Waals surface area contributed by atoms with Gasteiger partial charge in [-0.1, -0.05) is 0 Å². The Labute approximate surface area is 130 Å². The summed E-state index contributed by atoms with van der Waals surface area (Å²) < 4.78 is 0. The SMILES string of the molecule is Cc1cc(-c2nc3ccc([N+](=O)[O-])cc3c(=O)[nH]2)cc(C)c1O. The number of nitro groups is 1. The van der Waals surface area contributed by atoms with Gasteiger partial charge >= 0.3 is 0 Å². The van der Waals surface area contributed by atoms with E-state index in [4.69, 9.17) is 0 Å². The van der Waals surface area contributed by atoms with Crippen LogP contribution in [0.2, 0.25) is 0 Å². The molecule has 0 saturated heterocycles. The fourth-order valence-electron chi connectivity index (χ4n) is 2.47. The van der Waals surface area contributed by atoms with Gasteiger partial charge in [-0.15, -0.1) is 0 Å². The van der Waals surface area contributed by atoms with Crippen molar-refractivity contribution in [2.24, 2.45) is 0 Å². The molecule has 0 spiro atoms. The average molecular weight is 311 g/mol. The number of phenolic OH excluding ortho intramolecular Hbond substituents is 1. The second kappa shape index (κ2) is 5.20. The summed E-state index contributed by atoms with van der Waals surface area (Å²) in [4.78, 5) is 29.5. The Kier molecular flexibility index (Phi) is 3.33. The molecule has 0 aliphatic carbocycles. The minimum absolute atomic E-state index is 0.158. The van der Waals surface area contributed by atoms with Crippen molar-refractivity contribution < 1.29 is 10.0 Å². The highest BCUT2D eigenvalue weighted by Gasteiger charge is 2.12. The zero-order chi connectivity index (χ0) is 16.7. The highest BCUT2D eigenvalue weighted by atomic mass is 16.6. The van der Waals surface area contributed by atoms with E-state index in [1.165, 1.54) is 18.2 Å². The van der Waals surface area contributed by atoms with Crippen molar-refractivity contribution in [1.82, 2.24) is 9.97 Å². The molecule has 1 heterocycles. The summed E-state index contributed by atoms with van der Waals surface area (Å²) in [7, 11) is 0. The Morgan fingerprint density at radius 3 is 2.43 bits per heavy atom. The van der Waals surface area contributed by atoms with Crippen molar-refractivity contribution in [2.45, 2.75) is 13.8 Å². The molecule has 0 atom stereocenters. The van der Waals surface area contributed by atoms with Crippen LogP contribution in [0.15, 0.2) is 35.1 Å². The molecule has 0 amide bonds. The van der Waals surface area contributed by atoms with E-state index in [9.17, 15) is 20.0 Å². The summed E-state index contributed by atoms with van der Waals surface area (Å²) in [6.07, 6.45) is 0. The van der Waals surface area contributed by atoms with Crippen LogP contribution in [-0.4, -0.2) is 20.0 Å². The van der Waals surface area contributed by atoms with Gasteiger partial charge in [0.2, 0.25) is 0 Å². The Bertz CT molecular complexity index is 985. The zero-order valence-electron chi connectivity index (χ0n) is 12.5. The average Bonchev–Trinajstić information content (AvgIpc) is 2.51. The van der Waals surface area contributed by atoms with Crippen LogP contribution in [0.4, 0.5) is 5.69 Å². The predicted molar refractivity (Wildman–Crippen MR) is 85.6 cm³/mol. The predicted octanol–water partition coefficient (Wildman–Crippen LogP) is 2.82. The molecule has 0 radical (unpaired) electrons. The summed E-state index contributed by atoms with van der Waals surface area (Å²) >= 11 is 0. The van der Waals surface area contributed by atoms with E-state index in [2.05, 4.69) is 9.97 Å². The highest BCUT2D eigenvalue weighted by molar-refractivity contribution is 5.81. The van der Waals surface area contributed by atoms with Crippen LogP contribution < -0.4 is 5.56 Å². The van der Waals surface area contributed by atoms with Gasteiger partial charge in [0.15, 0.2) is 0 Å². The Morgan fingerprint density at radius 2 is 1.83 bits per heavy atom. The van der Waals surface area contributed by atoms with Crippen LogP contribution in [0, 0.1) is 24.0 Å². The number of hydrogen-bond acceptors (Lipinski definition) is 5. The normalized spacial score (nSPS) is 10.9. The quantitative estimate of drug-likeness (QED) is 0.558. The smallest absolute Gasteiger partial charge is 0.270 e. The molecule has 116 valence electrons. The fraction of sp³-hybridized carbons (Fsp3) is 0.125. The van der Waals surface area contributed by atoms with Crippen molar-refractivity contribution in [1.29, 1.82) is 0 Å². The molecule has 3 aromatic rings. The van der Waals surface area contributed by atoms with Crippen LogP contribution >= 0.6 is 0 Å². The van der Waals surface area contributed by atoms with Gasteiger partial charge in [-0.3, -0.25) is 14.9 Å². The van der Waals surface area contributed by atoms with Gasteiger partial charge in [0, 0.05) is 17.7 Å². The lowest BCUT2D eigenvalue weighted by molar-refractivity contribution is -0.384. The van der Waals surface area contributed by atoms with E-state index in [-0.39, 0.29) is 16.8 Å². The maximum Gasteiger partial charge on any atom is 0.270 e. The molecule has 7 heteroatoms. The Balaban J connectivity index is 2.23. The first-order valence-electron chi connectivity index (χ1n) is 6.86. The number of fused-ring (bicyclic) bond motifs is 1. The van der Waals surface area contributed by atoms with Gasteiger partial charge in [0.1, 0.15) is 11.6 Å². The van der Waals surface area contributed by atoms with Gasteiger partial charge in [-0.05, 0) is 43.2 Å². The number of nitro benzene ring substituents is 1. The molecule has 0 aliphatic rings. The summed E-state index contributed by atoms with van der Waals surface area (Å²) in [6, 6.07) is 7.41. The molecule has 0 saturated carbocycles. The van der Waals surface area contributed by atoms with E-state index in [1.54, 1.807) is 26.0 Å². The standard InChI is InChI=1S/C16H13N3O4/c1-8-5-10(6-9(2)14(8)20)15-17-13-4-3-11(19(22)23)7-12(13)16(21)18-15/h3-7,20H,1-2H3,(H,17,18,21). The Hall–Kier alpha value is -3.22. The molecule has 1 aromatic heterocycles. The van der Waals surface area contributed by atoms with E-state index in [0.29, 0.717) is 28.0 Å². The van der Waals surface area contributed by atoms with E-state index in [1.807, 2.05) is 0 Å². The van der Waals surface area contributed by atoms with E-state index in [0.717, 1.165) is 0 Å². The summed E-state index contributed by atoms with van der Waals surface area (Å²) in [5, 5.41) is 20.8. The maximum absolute atomic E-state index is 12.2. The topological polar surface area (TPSA) is 109 Å². The number of nitrogens with one attached hydrogen (secondary N) is 1. The van der Waals surface area contributed by atoms with Crippen molar-refractivity contribution in [3.63, 3.8) is 0 Å². The number of H-pyrrole nitrogens is 1. The first-order chi connectivity index (χ1) is 10.9. The number of hydrogen-bond donors (Lipinski definition) is 2. The van der Waals surface area contributed by atoms with Crippen molar-refractivity contribution in [2.75, 3.05) is 0 Å². The van der Waals surface area contributed by atoms with Crippen molar-refractivity contribution in [3.8, 4) is 17.1 Å². The number of rotatable bonds is 2. The maximum atomic E-state index is 12.2. The van der Waals surface area contributed by atoms with E-state index < -0.39 is 10.5 Å². The van der Waals surface area contributed by atoms with Gasteiger partial charge in [0.05, 0.1) is 15.8 Å². The van der Waals surface area contributed by atoms with Gasteiger partial charge in [-0.25, -0.2) is 4.98 Å². The lowest BCUT2D eigenvalue weighted by Gasteiger charge is -2.08. The minimum Gasteiger partial charge on any atom is -0.507 e. The molecule has 0 fully saturated rings. The molecule has 0 unspecified atom stereocenters. The number of benzene rings is 2. The monoisotopic (exact) mass is 311 g/mol. The number of non-ortho nitro benzene ring substituents is 1. The van der Waals surface area contributed by atoms with Crippen LogP contribution in [0.25, 0.3) is 22.3 Å². The summed E-state index contributed by atoms with van der Waals surface area (Å²) in [5.74, 6) is 0.551. The second-order valence-corrected chi connectivity index (χ2v) is 5.33. The molecule has 2 N–H and O–H groups in total. The number of phenols is 1. The van der Waals surface area contributed by atoms with Crippen molar-refractivity contribution in [3.05, 3.63) is 61.9 Å². The molecule has 7 nitrogen and oxygen atoms in total. The molecule has 23 heavy (non-hydrogen) atoms. The lowest BCUT2D eigenvalue weighted by Crippen LogP contribution is -2.10.